The number of ether oxygens (including phenoxy) is 1. The minimum Gasteiger partial charge on any atom is -0.454 e. The van der Waals surface area contributed by atoms with Gasteiger partial charge >= 0.3 is 5.97 Å². The Morgan fingerprint density at radius 1 is 0.919 bits per heavy atom. The largest absolute Gasteiger partial charge is 0.454 e. The molecule has 4 rings (SSSR count). The number of aromatic nitrogens is 1. The molecule has 0 radical (unpaired) electrons. The van der Waals surface area contributed by atoms with Crippen molar-refractivity contribution in [3.63, 3.8) is 0 Å². The number of esters is 1. The lowest BCUT2D eigenvalue weighted by Gasteiger charge is -2.18. The maximum Gasteiger partial charge on any atom is 0.329 e. The van der Waals surface area contributed by atoms with Crippen molar-refractivity contribution in [2.75, 3.05) is 11.9 Å². The Morgan fingerprint density at radius 2 is 1.59 bits per heavy atom. The van der Waals surface area contributed by atoms with Gasteiger partial charge in [-0.2, -0.15) is 0 Å². The van der Waals surface area contributed by atoms with Crippen LogP contribution in [-0.4, -0.2) is 41.3 Å². The molecule has 0 saturated carbocycles. The number of rotatable bonds is 9. The van der Waals surface area contributed by atoms with Crippen molar-refractivity contribution in [1.29, 1.82) is 0 Å². The molecule has 0 aliphatic carbocycles. The molecule has 1 heterocycles. The number of hydrogen-bond acceptors (Lipinski definition) is 5. The van der Waals surface area contributed by atoms with E-state index in [1.165, 1.54) is 36.4 Å². The highest BCUT2D eigenvalue weighted by atomic mass is 19.1. The monoisotopic (exact) mass is 502 g/mol. The summed E-state index contributed by atoms with van der Waals surface area (Å²) in [5.41, 5.74) is 7.64. The Kier molecular flexibility index (Phi) is 7.58. The summed E-state index contributed by atoms with van der Waals surface area (Å²) in [7, 11) is 0. The summed E-state index contributed by atoms with van der Waals surface area (Å²) in [6, 6.07) is 17.1. The first-order valence-corrected chi connectivity index (χ1v) is 11.3. The van der Waals surface area contributed by atoms with Gasteiger partial charge in [-0.25, -0.2) is 9.18 Å². The van der Waals surface area contributed by atoms with Crippen molar-refractivity contribution in [2.45, 2.75) is 12.5 Å². The van der Waals surface area contributed by atoms with Crippen LogP contribution in [0.2, 0.25) is 0 Å². The van der Waals surface area contributed by atoms with Gasteiger partial charge in [0, 0.05) is 40.3 Å². The van der Waals surface area contributed by atoms with Crippen molar-refractivity contribution in [2.24, 2.45) is 5.73 Å². The normalized spacial score (nSPS) is 11.5. The molecule has 0 bridgehead atoms. The fourth-order valence-corrected chi connectivity index (χ4v) is 3.71. The summed E-state index contributed by atoms with van der Waals surface area (Å²) in [6.07, 6.45) is 1.82. The molecule has 37 heavy (non-hydrogen) atoms. The third kappa shape index (κ3) is 6.37. The van der Waals surface area contributed by atoms with E-state index < -0.39 is 42.2 Å². The average Bonchev–Trinajstić information content (AvgIpc) is 3.30. The van der Waals surface area contributed by atoms with Gasteiger partial charge in [-0.15, -0.1) is 0 Å². The SMILES string of the molecule is NC(=O)c1ccc(NC(=O)COC(=O)C(Cc2c[nH]c3ccccc23)NC(=O)c2ccc(F)cc2)cc1. The minimum absolute atomic E-state index is 0.0893. The Bertz CT molecular complexity index is 1450. The number of anilines is 1. The second kappa shape index (κ2) is 11.2. The molecule has 9 nitrogen and oxygen atoms in total. The number of carbonyl (C=O) groups excluding carboxylic acids is 4. The van der Waals surface area contributed by atoms with Crippen LogP contribution >= 0.6 is 0 Å². The summed E-state index contributed by atoms with van der Waals surface area (Å²) in [4.78, 5) is 52.3. The summed E-state index contributed by atoms with van der Waals surface area (Å²) < 4.78 is 18.5. The van der Waals surface area contributed by atoms with Gasteiger partial charge in [-0.3, -0.25) is 14.4 Å². The van der Waals surface area contributed by atoms with Crippen molar-refractivity contribution in [1.82, 2.24) is 10.3 Å². The number of amides is 3. The van der Waals surface area contributed by atoms with E-state index in [0.717, 1.165) is 28.6 Å². The average molecular weight is 503 g/mol. The number of halogens is 1. The summed E-state index contributed by atoms with van der Waals surface area (Å²) in [5, 5.41) is 6.04. The maximum atomic E-state index is 13.3. The summed E-state index contributed by atoms with van der Waals surface area (Å²) in [5.74, 6) is -3.13. The lowest BCUT2D eigenvalue weighted by molar-refractivity contribution is -0.149. The number of carbonyl (C=O) groups is 4. The minimum atomic E-state index is -1.13. The fourth-order valence-electron chi connectivity index (χ4n) is 3.71. The van der Waals surface area contributed by atoms with Crippen LogP contribution in [0.15, 0.2) is 79.0 Å². The van der Waals surface area contributed by atoms with Gasteiger partial charge < -0.3 is 26.1 Å². The molecule has 1 unspecified atom stereocenters. The molecule has 5 N–H and O–H groups in total. The smallest absolute Gasteiger partial charge is 0.329 e. The van der Waals surface area contributed by atoms with Crippen LogP contribution in [0.1, 0.15) is 26.3 Å². The van der Waals surface area contributed by atoms with E-state index in [1.54, 1.807) is 6.20 Å². The molecule has 1 atom stereocenters. The Balaban J connectivity index is 1.45. The number of primary amides is 1. The van der Waals surface area contributed by atoms with Gasteiger partial charge in [-0.1, -0.05) is 18.2 Å². The Morgan fingerprint density at radius 3 is 2.30 bits per heavy atom. The van der Waals surface area contributed by atoms with Gasteiger partial charge in [0.25, 0.3) is 11.8 Å². The highest BCUT2D eigenvalue weighted by molar-refractivity contribution is 5.98. The van der Waals surface area contributed by atoms with E-state index in [2.05, 4.69) is 15.6 Å². The maximum absolute atomic E-state index is 13.3. The van der Waals surface area contributed by atoms with Gasteiger partial charge in [0.1, 0.15) is 11.9 Å². The molecule has 4 aromatic rings. The lowest BCUT2D eigenvalue weighted by atomic mass is 10.0. The number of H-pyrrole nitrogens is 1. The van der Waals surface area contributed by atoms with E-state index in [0.29, 0.717) is 5.69 Å². The number of fused-ring (bicyclic) bond motifs is 1. The summed E-state index contributed by atoms with van der Waals surface area (Å²) >= 11 is 0. The van der Waals surface area contributed by atoms with Crippen LogP contribution in [0.25, 0.3) is 10.9 Å². The number of hydrogen-bond donors (Lipinski definition) is 4. The number of nitrogens with two attached hydrogens (primary N) is 1. The summed E-state index contributed by atoms with van der Waals surface area (Å²) in [6.45, 7) is -0.604. The van der Waals surface area contributed by atoms with E-state index >= 15 is 0 Å². The Hall–Kier alpha value is -4.99. The molecule has 0 aliphatic heterocycles. The fraction of sp³-hybridized carbons (Fsp3) is 0.111. The first kappa shape index (κ1) is 25.1. The third-order valence-corrected chi connectivity index (χ3v) is 5.59. The molecular weight excluding hydrogens is 479 g/mol. The number of para-hydroxylation sites is 1. The second-order valence-electron chi connectivity index (χ2n) is 8.19. The second-order valence-corrected chi connectivity index (χ2v) is 8.19. The quantitative estimate of drug-likeness (QED) is 0.260. The number of benzene rings is 3. The Labute approximate surface area is 210 Å². The van der Waals surface area contributed by atoms with Gasteiger partial charge in [0.05, 0.1) is 0 Å². The van der Waals surface area contributed by atoms with Crippen LogP contribution in [0.4, 0.5) is 10.1 Å². The predicted octanol–water partition coefficient (Wildman–Crippen LogP) is 2.93. The van der Waals surface area contributed by atoms with Gasteiger partial charge in [0.2, 0.25) is 5.91 Å². The van der Waals surface area contributed by atoms with Crippen molar-refractivity contribution in [3.8, 4) is 0 Å². The highest BCUT2D eigenvalue weighted by Gasteiger charge is 2.25. The van der Waals surface area contributed by atoms with E-state index in [1.807, 2.05) is 24.3 Å². The van der Waals surface area contributed by atoms with Crippen molar-refractivity contribution >= 4 is 40.3 Å². The molecule has 0 fully saturated rings. The standard InChI is InChI=1S/C27H23FN4O5/c28-19-9-5-17(6-10-19)26(35)32-23(13-18-14-30-22-4-2-1-3-21(18)22)27(36)37-15-24(33)31-20-11-7-16(8-12-20)25(29)34/h1-12,14,23,30H,13,15H2,(H2,29,34)(H,31,33)(H,32,35). The predicted molar refractivity (Wildman–Crippen MR) is 134 cm³/mol. The van der Waals surface area contributed by atoms with Crippen molar-refractivity contribution in [3.05, 3.63) is 102 Å². The molecule has 1 aromatic heterocycles. The van der Waals surface area contributed by atoms with Gasteiger partial charge in [-0.05, 0) is 60.2 Å². The molecule has 3 amide bonds. The van der Waals surface area contributed by atoms with Crippen LogP contribution in [-0.2, 0) is 20.7 Å². The zero-order valence-electron chi connectivity index (χ0n) is 19.5. The molecule has 10 heteroatoms. The van der Waals surface area contributed by atoms with Crippen LogP contribution in [0.3, 0.4) is 0 Å². The molecule has 0 saturated heterocycles. The zero-order valence-corrected chi connectivity index (χ0v) is 19.5. The first-order chi connectivity index (χ1) is 17.8. The van der Waals surface area contributed by atoms with Crippen molar-refractivity contribution < 1.29 is 28.3 Å². The lowest BCUT2D eigenvalue weighted by Crippen LogP contribution is -2.44. The topological polar surface area (TPSA) is 143 Å². The molecule has 3 aromatic carbocycles. The van der Waals surface area contributed by atoms with Gasteiger partial charge in [0.15, 0.2) is 6.61 Å². The number of aromatic amines is 1. The molecule has 188 valence electrons. The van der Waals surface area contributed by atoms with Crippen LogP contribution in [0.5, 0.6) is 0 Å². The number of nitrogens with one attached hydrogen (secondary N) is 3. The molecule has 0 aliphatic rings. The van der Waals surface area contributed by atoms with E-state index in [-0.39, 0.29) is 17.5 Å². The molecular formula is C27H23FN4O5. The van der Waals surface area contributed by atoms with E-state index in [4.69, 9.17) is 10.5 Å². The molecule has 0 spiro atoms. The highest BCUT2D eigenvalue weighted by Crippen LogP contribution is 2.20. The zero-order chi connectivity index (χ0) is 26.4. The van der Waals surface area contributed by atoms with Crippen LogP contribution < -0.4 is 16.4 Å². The first-order valence-electron chi connectivity index (χ1n) is 11.3. The van der Waals surface area contributed by atoms with Crippen LogP contribution in [0, 0.1) is 5.82 Å². The third-order valence-electron chi connectivity index (χ3n) is 5.59. The van der Waals surface area contributed by atoms with E-state index in [9.17, 15) is 23.6 Å².